The Balaban J connectivity index is 3.60. The lowest BCUT2D eigenvalue weighted by molar-refractivity contribution is -0.121. The number of rotatable bonds is 6. The summed E-state index contributed by atoms with van der Waals surface area (Å²) in [7, 11) is 0. The van der Waals surface area contributed by atoms with Gasteiger partial charge in [0.05, 0.1) is 13.1 Å². The van der Waals surface area contributed by atoms with Crippen LogP contribution in [-0.4, -0.2) is 30.9 Å². The Morgan fingerprint density at radius 3 is 2.21 bits per heavy atom. The molecule has 1 unspecified atom stereocenters. The highest BCUT2D eigenvalue weighted by atomic mass is 16.2. The predicted molar refractivity (Wildman–Crippen MR) is 54.5 cm³/mol. The molecular formula is C9H19N3O2. The predicted octanol–water partition coefficient (Wildman–Crippen LogP) is -0.778. The minimum Gasteiger partial charge on any atom is -0.369 e. The Hall–Kier alpha value is -1.10. The molecule has 0 aliphatic heterocycles. The molecule has 0 aromatic rings. The maximum absolute atomic E-state index is 11.2. The molecule has 0 saturated heterocycles. The lowest BCUT2D eigenvalue weighted by Gasteiger charge is -2.17. The van der Waals surface area contributed by atoms with Crippen molar-refractivity contribution in [3.05, 3.63) is 0 Å². The smallest absolute Gasteiger partial charge is 0.234 e. The van der Waals surface area contributed by atoms with Crippen molar-refractivity contribution < 1.29 is 9.59 Å². The van der Waals surface area contributed by atoms with E-state index in [1.54, 1.807) is 0 Å². The van der Waals surface area contributed by atoms with Crippen molar-refractivity contribution in [2.75, 3.05) is 13.1 Å². The molecule has 0 aliphatic carbocycles. The van der Waals surface area contributed by atoms with Crippen molar-refractivity contribution >= 4 is 11.8 Å². The molecule has 0 radical (unpaired) electrons. The van der Waals surface area contributed by atoms with Crippen LogP contribution in [0.2, 0.25) is 0 Å². The zero-order valence-corrected chi connectivity index (χ0v) is 8.96. The Labute approximate surface area is 84.4 Å². The van der Waals surface area contributed by atoms with Gasteiger partial charge in [-0.2, -0.15) is 0 Å². The Morgan fingerprint density at radius 2 is 1.79 bits per heavy atom. The first-order valence-corrected chi connectivity index (χ1v) is 4.72. The van der Waals surface area contributed by atoms with Gasteiger partial charge in [-0.15, -0.1) is 0 Å². The molecule has 0 aliphatic rings. The molecule has 5 nitrogen and oxygen atoms in total. The van der Waals surface area contributed by atoms with Crippen molar-refractivity contribution in [3.8, 4) is 0 Å². The molecule has 0 aromatic heterocycles. The minimum atomic E-state index is -0.463. The fourth-order valence-electron chi connectivity index (χ4n) is 0.771. The topological polar surface area (TPSA) is 84.2 Å². The second kappa shape index (κ2) is 6.37. The number of carbonyl (C=O) groups excluding carboxylic acids is 2. The molecule has 0 fully saturated rings. The average molecular weight is 201 g/mol. The van der Waals surface area contributed by atoms with Crippen LogP contribution in [0, 0.1) is 5.92 Å². The van der Waals surface area contributed by atoms with Crippen LogP contribution in [-0.2, 0) is 9.59 Å². The van der Waals surface area contributed by atoms with E-state index in [0.717, 1.165) is 0 Å². The first kappa shape index (κ1) is 12.9. The zero-order valence-electron chi connectivity index (χ0n) is 8.96. The van der Waals surface area contributed by atoms with Crippen LogP contribution in [0.5, 0.6) is 0 Å². The van der Waals surface area contributed by atoms with Gasteiger partial charge in [0, 0.05) is 6.04 Å². The molecule has 0 saturated carbocycles. The van der Waals surface area contributed by atoms with Crippen LogP contribution in [0.3, 0.4) is 0 Å². The van der Waals surface area contributed by atoms with Gasteiger partial charge in [0.1, 0.15) is 0 Å². The van der Waals surface area contributed by atoms with E-state index in [1.807, 2.05) is 20.8 Å². The molecule has 14 heavy (non-hydrogen) atoms. The summed E-state index contributed by atoms with van der Waals surface area (Å²) >= 11 is 0. The van der Waals surface area contributed by atoms with Gasteiger partial charge in [-0.25, -0.2) is 0 Å². The van der Waals surface area contributed by atoms with Crippen molar-refractivity contribution in [2.45, 2.75) is 26.8 Å². The van der Waals surface area contributed by atoms with Crippen LogP contribution in [0.15, 0.2) is 0 Å². The number of hydrogen-bond acceptors (Lipinski definition) is 3. The van der Waals surface area contributed by atoms with Crippen molar-refractivity contribution in [2.24, 2.45) is 11.7 Å². The monoisotopic (exact) mass is 201 g/mol. The minimum absolute atomic E-state index is 0.0312. The van der Waals surface area contributed by atoms with Crippen LogP contribution in [0.25, 0.3) is 0 Å². The van der Waals surface area contributed by atoms with Gasteiger partial charge in [0.25, 0.3) is 0 Å². The highest BCUT2D eigenvalue weighted by Gasteiger charge is 2.09. The molecule has 4 N–H and O–H groups in total. The number of hydrogen-bond donors (Lipinski definition) is 3. The molecule has 2 amide bonds. The molecule has 82 valence electrons. The fourth-order valence-corrected chi connectivity index (χ4v) is 0.771. The van der Waals surface area contributed by atoms with Gasteiger partial charge in [-0.05, 0) is 12.8 Å². The van der Waals surface area contributed by atoms with Crippen molar-refractivity contribution in [1.82, 2.24) is 10.6 Å². The molecule has 0 aromatic carbocycles. The summed E-state index contributed by atoms with van der Waals surface area (Å²) in [5, 5.41) is 5.44. The van der Waals surface area contributed by atoms with E-state index >= 15 is 0 Å². The molecule has 0 bridgehead atoms. The normalized spacial score (nSPS) is 12.6. The third kappa shape index (κ3) is 6.42. The third-order valence-electron chi connectivity index (χ3n) is 1.97. The van der Waals surface area contributed by atoms with E-state index < -0.39 is 5.91 Å². The summed E-state index contributed by atoms with van der Waals surface area (Å²) < 4.78 is 0. The highest BCUT2D eigenvalue weighted by Crippen LogP contribution is 1.98. The summed E-state index contributed by atoms with van der Waals surface area (Å²) in [4.78, 5) is 21.6. The summed E-state index contributed by atoms with van der Waals surface area (Å²) in [6, 6.07) is 0.137. The number of amides is 2. The van der Waals surface area contributed by atoms with Gasteiger partial charge in [-0.3, -0.25) is 14.9 Å². The van der Waals surface area contributed by atoms with Gasteiger partial charge in [0.15, 0.2) is 0 Å². The number of primary amides is 1. The Kier molecular flexibility index (Phi) is 5.87. The Bertz CT molecular complexity index is 204. The molecule has 0 rings (SSSR count). The van der Waals surface area contributed by atoms with E-state index in [9.17, 15) is 9.59 Å². The lowest BCUT2D eigenvalue weighted by Crippen LogP contribution is -2.42. The maximum atomic E-state index is 11.2. The van der Waals surface area contributed by atoms with Crippen LogP contribution >= 0.6 is 0 Å². The molecule has 0 heterocycles. The lowest BCUT2D eigenvalue weighted by atomic mass is 10.1. The first-order valence-electron chi connectivity index (χ1n) is 4.72. The molecule has 1 atom stereocenters. The average Bonchev–Trinajstić information content (AvgIpc) is 2.02. The summed E-state index contributed by atoms with van der Waals surface area (Å²) in [5.41, 5.74) is 4.90. The Morgan fingerprint density at radius 1 is 1.21 bits per heavy atom. The number of nitrogens with two attached hydrogens (primary N) is 1. The quantitative estimate of drug-likeness (QED) is 0.527. The molecular weight excluding hydrogens is 182 g/mol. The van der Waals surface area contributed by atoms with Gasteiger partial charge >= 0.3 is 0 Å². The van der Waals surface area contributed by atoms with Gasteiger partial charge < -0.3 is 11.1 Å². The van der Waals surface area contributed by atoms with E-state index in [0.29, 0.717) is 5.92 Å². The standard InChI is InChI=1S/C9H19N3O2/c1-6(2)7(3)12-9(14)5-11-4-8(10)13/h6-7,11H,4-5H2,1-3H3,(H2,10,13)(H,12,14). The molecule has 0 spiro atoms. The number of nitrogens with one attached hydrogen (secondary N) is 2. The van der Waals surface area contributed by atoms with Crippen LogP contribution in [0.4, 0.5) is 0 Å². The highest BCUT2D eigenvalue weighted by molar-refractivity contribution is 5.80. The van der Waals surface area contributed by atoms with Gasteiger partial charge in [0.2, 0.25) is 11.8 Å². The van der Waals surface area contributed by atoms with Crippen molar-refractivity contribution in [1.29, 1.82) is 0 Å². The van der Waals surface area contributed by atoms with E-state index in [-0.39, 0.29) is 25.0 Å². The number of carbonyl (C=O) groups is 2. The fraction of sp³-hybridized carbons (Fsp3) is 0.778. The zero-order chi connectivity index (χ0) is 11.1. The largest absolute Gasteiger partial charge is 0.369 e. The maximum Gasteiger partial charge on any atom is 0.234 e. The van der Waals surface area contributed by atoms with Crippen LogP contribution in [0.1, 0.15) is 20.8 Å². The van der Waals surface area contributed by atoms with Crippen LogP contribution < -0.4 is 16.4 Å². The first-order chi connectivity index (χ1) is 6.43. The van der Waals surface area contributed by atoms with Gasteiger partial charge in [-0.1, -0.05) is 13.8 Å². The SMILES string of the molecule is CC(C)C(C)NC(=O)CNCC(N)=O. The summed E-state index contributed by atoms with van der Waals surface area (Å²) in [5.74, 6) is -0.183. The van der Waals surface area contributed by atoms with Crippen molar-refractivity contribution in [3.63, 3.8) is 0 Å². The summed E-state index contributed by atoms with van der Waals surface area (Å²) in [6.45, 7) is 6.16. The molecule has 5 heteroatoms. The van der Waals surface area contributed by atoms with E-state index in [2.05, 4.69) is 10.6 Å². The summed E-state index contributed by atoms with van der Waals surface area (Å²) in [6.07, 6.45) is 0. The second-order valence-corrected chi connectivity index (χ2v) is 3.67. The third-order valence-corrected chi connectivity index (χ3v) is 1.97. The van der Waals surface area contributed by atoms with E-state index in [1.165, 1.54) is 0 Å². The van der Waals surface area contributed by atoms with E-state index in [4.69, 9.17) is 5.73 Å². The second-order valence-electron chi connectivity index (χ2n) is 3.67.